The monoisotopic (exact) mass is 488 g/mol. The lowest BCUT2D eigenvalue weighted by Crippen LogP contribution is -2.28. The lowest BCUT2D eigenvalue weighted by Gasteiger charge is -2.07. The molecule has 0 aliphatic heterocycles. The number of carbonyl (C=O) groups excluding carboxylic acids is 2. The van der Waals surface area contributed by atoms with E-state index in [4.69, 9.17) is 0 Å². The number of hydrogen-bond donors (Lipinski definition) is 1. The smallest absolute Gasteiger partial charge is 0.274 e. The summed E-state index contributed by atoms with van der Waals surface area (Å²) in [6, 6.07) is 18.1. The molecule has 0 atom stereocenters. The summed E-state index contributed by atoms with van der Waals surface area (Å²) in [7, 11) is -3.95. The maximum atomic E-state index is 13.2. The predicted octanol–water partition coefficient (Wildman–Crippen LogP) is 4.18. The molecule has 10 nitrogen and oxygen atoms in total. The van der Waals surface area contributed by atoms with E-state index in [2.05, 4.69) is 20.3 Å². The number of benzene rings is 2. The molecule has 0 fully saturated rings. The fourth-order valence-electron chi connectivity index (χ4n) is 3.30. The summed E-state index contributed by atoms with van der Waals surface area (Å²) >= 11 is 0. The highest BCUT2D eigenvalue weighted by Crippen LogP contribution is 2.35. The molecule has 0 spiro atoms. The highest BCUT2D eigenvalue weighted by Gasteiger charge is 2.22. The first-order valence-electron chi connectivity index (χ1n) is 10.4. The van der Waals surface area contributed by atoms with Gasteiger partial charge >= 0.3 is 0 Å². The summed E-state index contributed by atoms with van der Waals surface area (Å²) in [6.45, 7) is 2.84. The van der Waals surface area contributed by atoms with Crippen LogP contribution >= 0.6 is 0 Å². The Hall–Kier alpha value is -4.51. The second-order valence-electron chi connectivity index (χ2n) is 7.46. The number of carbonyl (C=O) groups is 2. The van der Waals surface area contributed by atoms with Crippen LogP contribution < -0.4 is 4.72 Å². The highest BCUT2D eigenvalue weighted by molar-refractivity contribution is 7.90. The Labute approximate surface area is 201 Å². The maximum Gasteiger partial charge on any atom is 0.280 e. The number of sulfonamides is 1. The van der Waals surface area contributed by atoms with Crippen molar-refractivity contribution < 1.29 is 18.0 Å². The minimum atomic E-state index is -3.95. The standard InChI is InChI=1S/C24H20N6O4S/c1-16-22(27-26-20-10-12-21(13-11-20)35(33,34)29-17(2)31)23(18-7-4-3-5-8-18)30(28-16)24(32)19-9-6-14-25-15-19/h3-15H,1-2H3,(H,29,31). The van der Waals surface area contributed by atoms with Gasteiger partial charge in [-0.3, -0.25) is 14.6 Å². The van der Waals surface area contributed by atoms with Gasteiger partial charge in [0.1, 0.15) is 11.4 Å². The summed E-state index contributed by atoms with van der Waals surface area (Å²) in [6.07, 6.45) is 3.04. The number of rotatable bonds is 6. The van der Waals surface area contributed by atoms with Gasteiger partial charge in [-0.25, -0.2) is 13.1 Å². The zero-order valence-corrected chi connectivity index (χ0v) is 19.6. The molecule has 0 aliphatic carbocycles. The number of aromatic nitrogens is 3. The Morgan fingerprint density at radius 2 is 1.66 bits per heavy atom. The maximum absolute atomic E-state index is 13.2. The van der Waals surface area contributed by atoms with Crippen molar-refractivity contribution in [2.24, 2.45) is 10.2 Å². The topological polar surface area (TPSA) is 136 Å². The first-order valence-corrected chi connectivity index (χ1v) is 11.9. The van der Waals surface area contributed by atoms with Gasteiger partial charge in [-0.15, -0.1) is 5.11 Å². The van der Waals surface area contributed by atoms with Crippen molar-refractivity contribution in [1.29, 1.82) is 0 Å². The van der Waals surface area contributed by atoms with Crippen LogP contribution in [-0.2, 0) is 14.8 Å². The Balaban J connectivity index is 1.73. The SMILES string of the molecule is CC(=O)NS(=O)(=O)c1ccc(N=Nc2c(C)nn(C(=O)c3cccnc3)c2-c2ccccc2)cc1. The van der Waals surface area contributed by atoms with Crippen molar-refractivity contribution in [3.63, 3.8) is 0 Å². The minimum Gasteiger partial charge on any atom is -0.274 e. The van der Waals surface area contributed by atoms with E-state index in [1.54, 1.807) is 25.3 Å². The summed E-state index contributed by atoms with van der Waals surface area (Å²) < 4.78 is 27.4. The van der Waals surface area contributed by atoms with Gasteiger partial charge in [0.15, 0.2) is 0 Å². The molecular weight excluding hydrogens is 468 g/mol. The van der Waals surface area contributed by atoms with Gasteiger partial charge in [-0.1, -0.05) is 30.3 Å². The first kappa shape index (κ1) is 23.6. The van der Waals surface area contributed by atoms with Gasteiger partial charge in [0.25, 0.3) is 15.9 Å². The fraction of sp³-hybridized carbons (Fsp3) is 0.0833. The van der Waals surface area contributed by atoms with Crippen LogP contribution in [0, 0.1) is 6.92 Å². The van der Waals surface area contributed by atoms with E-state index < -0.39 is 15.9 Å². The van der Waals surface area contributed by atoms with E-state index in [9.17, 15) is 18.0 Å². The Morgan fingerprint density at radius 1 is 0.943 bits per heavy atom. The summed E-state index contributed by atoms with van der Waals surface area (Å²) in [5.74, 6) is -1.05. The van der Waals surface area contributed by atoms with Gasteiger partial charge in [0, 0.05) is 24.9 Å². The molecule has 2 aromatic heterocycles. The number of pyridine rings is 1. The van der Waals surface area contributed by atoms with Crippen LogP contribution in [-0.4, -0.2) is 35.0 Å². The third-order valence-electron chi connectivity index (χ3n) is 4.87. The average molecular weight is 489 g/mol. The van der Waals surface area contributed by atoms with Gasteiger partial charge in [-0.2, -0.15) is 14.9 Å². The summed E-state index contributed by atoms with van der Waals surface area (Å²) in [5.41, 5.74) is 2.79. The highest BCUT2D eigenvalue weighted by atomic mass is 32.2. The fourth-order valence-corrected chi connectivity index (χ4v) is 4.29. The molecule has 0 aliphatic rings. The summed E-state index contributed by atoms with van der Waals surface area (Å²) in [5, 5.41) is 13.0. The molecule has 35 heavy (non-hydrogen) atoms. The molecule has 0 unspecified atom stereocenters. The first-order chi connectivity index (χ1) is 16.8. The predicted molar refractivity (Wildman–Crippen MR) is 128 cm³/mol. The Kier molecular flexibility index (Phi) is 6.60. The van der Waals surface area contributed by atoms with Crippen LogP contribution in [0.2, 0.25) is 0 Å². The molecular formula is C24H20N6O4S. The Bertz CT molecular complexity index is 1510. The number of amides is 1. The average Bonchev–Trinajstić information content (AvgIpc) is 3.18. The largest absolute Gasteiger partial charge is 0.280 e. The molecule has 4 aromatic rings. The van der Waals surface area contributed by atoms with Gasteiger partial charge in [-0.05, 0) is 43.3 Å². The van der Waals surface area contributed by atoms with Crippen molar-refractivity contribution in [1.82, 2.24) is 19.5 Å². The van der Waals surface area contributed by atoms with E-state index in [1.807, 2.05) is 35.1 Å². The number of aryl methyl sites for hydroxylation is 1. The second-order valence-corrected chi connectivity index (χ2v) is 9.15. The third-order valence-corrected chi connectivity index (χ3v) is 6.32. The molecule has 0 bridgehead atoms. The zero-order chi connectivity index (χ0) is 25.0. The van der Waals surface area contributed by atoms with Crippen molar-refractivity contribution >= 4 is 33.2 Å². The molecule has 0 saturated heterocycles. The lowest BCUT2D eigenvalue weighted by atomic mass is 10.1. The zero-order valence-electron chi connectivity index (χ0n) is 18.8. The van der Waals surface area contributed by atoms with Gasteiger partial charge in [0.2, 0.25) is 5.91 Å². The van der Waals surface area contributed by atoms with Crippen LogP contribution in [0.4, 0.5) is 11.4 Å². The van der Waals surface area contributed by atoms with Crippen molar-refractivity contribution in [2.45, 2.75) is 18.7 Å². The second kappa shape index (κ2) is 9.77. The van der Waals surface area contributed by atoms with E-state index in [0.717, 1.165) is 12.5 Å². The van der Waals surface area contributed by atoms with Crippen LogP contribution in [0.15, 0.2) is 94.2 Å². The molecule has 1 amide bonds. The van der Waals surface area contributed by atoms with Crippen LogP contribution in [0.3, 0.4) is 0 Å². The van der Waals surface area contributed by atoms with Crippen LogP contribution in [0.5, 0.6) is 0 Å². The van der Waals surface area contributed by atoms with Crippen molar-refractivity contribution in [3.8, 4) is 11.3 Å². The number of nitrogens with zero attached hydrogens (tertiary/aromatic N) is 5. The van der Waals surface area contributed by atoms with E-state index in [1.165, 1.54) is 35.1 Å². The molecule has 4 rings (SSSR count). The summed E-state index contributed by atoms with van der Waals surface area (Å²) in [4.78, 5) is 28.2. The normalized spacial score (nSPS) is 11.5. The molecule has 0 saturated carbocycles. The quantitative estimate of drug-likeness (QED) is 0.404. The number of hydrogen-bond acceptors (Lipinski definition) is 8. The number of azo groups is 1. The van der Waals surface area contributed by atoms with Crippen molar-refractivity contribution in [2.75, 3.05) is 0 Å². The molecule has 0 radical (unpaired) electrons. The van der Waals surface area contributed by atoms with Gasteiger partial charge < -0.3 is 0 Å². The Morgan fingerprint density at radius 3 is 2.29 bits per heavy atom. The number of nitrogens with one attached hydrogen (secondary N) is 1. The molecule has 176 valence electrons. The lowest BCUT2D eigenvalue weighted by molar-refractivity contribution is -0.117. The van der Waals surface area contributed by atoms with E-state index >= 15 is 0 Å². The minimum absolute atomic E-state index is 0.0808. The van der Waals surface area contributed by atoms with Crippen molar-refractivity contribution in [3.05, 3.63) is 90.4 Å². The van der Waals surface area contributed by atoms with Crippen LogP contribution in [0.1, 0.15) is 23.0 Å². The van der Waals surface area contributed by atoms with Crippen LogP contribution in [0.25, 0.3) is 11.3 Å². The molecule has 2 heterocycles. The molecule has 11 heteroatoms. The van der Waals surface area contributed by atoms with Gasteiger partial charge in [0.05, 0.1) is 21.8 Å². The third kappa shape index (κ3) is 5.20. The van der Waals surface area contributed by atoms with E-state index in [-0.39, 0.29) is 10.8 Å². The van der Waals surface area contributed by atoms with E-state index in [0.29, 0.717) is 28.3 Å². The molecule has 1 N–H and O–H groups in total. The molecule has 2 aromatic carbocycles.